The van der Waals surface area contributed by atoms with Crippen LogP contribution in [0, 0.1) is 30.0 Å². The summed E-state index contributed by atoms with van der Waals surface area (Å²) in [5, 5.41) is 10.2. The maximum absolute atomic E-state index is 14.4. The SMILES string of the molecule is Cc1c(F)cccc1N(CC1CC1)[C@H]1CC[C@H](N(C)c2c(C#N)c(=O)n(C)c3ccc(Cl)nc23)CC1. The van der Waals surface area contributed by atoms with Crippen LogP contribution >= 0.6 is 11.6 Å². The smallest absolute Gasteiger partial charge is 0.270 e. The molecule has 0 aliphatic heterocycles. The van der Waals surface area contributed by atoms with Crippen LogP contribution in [0.4, 0.5) is 15.8 Å². The molecule has 0 atom stereocenters. The summed E-state index contributed by atoms with van der Waals surface area (Å²) in [5.41, 5.74) is 3.24. The van der Waals surface area contributed by atoms with E-state index >= 15 is 0 Å². The zero-order valence-corrected chi connectivity index (χ0v) is 21.7. The quantitative estimate of drug-likeness (QED) is 0.408. The molecule has 2 heterocycles. The fraction of sp³-hybridized carbons (Fsp3) is 0.464. The van der Waals surface area contributed by atoms with Gasteiger partial charge in [-0.2, -0.15) is 5.26 Å². The summed E-state index contributed by atoms with van der Waals surface area (Å²) < 4.78 is 15.9. The molecule has 6 nitrogen and oxygen atoms in total. The van der Waals surface area contributed by atoms with E-state index in [1.54, 1.807) is 25.2 Å². The van der Waals surface area contributed by atoms with Gasteiger partial charge in [0.05, 0.1) is 11.2 Å². The number of nitriles is 1. The summed E-state index contributed by atoms with van der Waals surface area (Å²) in [6.45, 7) is 2.84. The molecular formula is C28H31ClFN5O. The number of nitrogens with zero attached hydrogens (tertiary/aromatic N) is 5. The summed E-state index contributed by atoms with van der Waals surface area (Å²) in [7, 11) is 3.60. The summed E-state index contributed by atoms with van der Waals surface area (Å²) in [4.78, 5) is 22.0. The van der Waals surface area contributed by atoms with Gasteiger partial charge in [0.15, 0.2) is 0 Å². The second-order valence-electron chi connectivity index (χ2n) is 10.3. The highest BCUT2D eigenvalue weighted by Gasteiger charge is 2.34. The summed E-state index contributed by atoms with van der Waals surface area (Å²) in [6.07, 6.45) is 6.20. The lowest BCUT2D eigenvalue weighted by atomic mass is 9.88. The van der Waals surface area contributed by atoms with Crippen LogP contribution in [0.15, 0.2) is 35.1 Å². The Labute approximate surface area is 215 Å². The van der Waals surface area contributed by atoms with E-state index < -0.39 is 0 Å². The maximum Gasteiger partial charge on any atom is 0.270 e. The van der Waals surface area contributed by atoms with Crippen LogP contribution in [0.25, 0.3) is 11.0 Å². The highest BCUT2D eigenvalue weighted by atomic mass is 35.5. The zero-order chi connectivity index (χ0) is 25.6. The Morgan fingerprint density at radius 1 is 1.14 bits per heavy atom. The number of aromatic nitrogens is 2. The Morgan fingerprint density at radius 2 is 1.83 bits per heavy atom. The molecule has 3 aromatic rings. The molecule has 8 heteroatoms. The van der Waals surface area contributed by atoms with Gasteiger partial charge in [-0.05, 0) is 75.6 Å². The Hall–Kier alpha value is -3.11. The molecule has 0 spiro atoms. The first kappa shape index (κ1) is 24.6. The van der Waals surface area contributed by atoms with Crippen LogP contribution in [0.1, 0.15) is 49.7 Å². The number of halogens is 2. The molecule has 0 saturated heterocycles. The van der Waals surface area contributed by atoms with Crippen molar-refractivity contribution in [2.75, 3.05) is 23.4 Å². The van der Waals surface area contributed by atoms with Crippen LogP contribution < -0.4 is 15.4 Å². The average molecular weight is 508 g/mol. The topological polar surface area (TPSA) is 65.2 Å². The average Bonchev–Trinajstić information content (AvgIpc) is 3.70. The van der Waals surface area contributed by atoms with Gasteiger partial charge in [-0.3, -0.25) is 4.79 Å². The van der Waals surface area contributed by atoms with Crippen molar-refractivity contribution in [3.63, 3.8) is 0 Å². The Balaban J connectivity index is 1.43. The molecule has 2 saturated carbocycles. The molecular weight excluding hydrogens is 477 g/mol. The van der Waals surface area contributed by atoms with Crippen molar-refractivity contribution in [1.29, 1.82) is 5.26 Å². The van der Waals surface area contributed by atoms with E-state index in [0.717, 1.165) is 37.9 Å². The normalized spacial score (nSPS) is 19.8. The molecule has 2 aliphatic rings. The number of hydrogen-bond donors (Lipinski definition) is 0. The number of rotatable bonds is 6. The first-order chi connectivity index (χ1) is 17.3. The summed E-state index contributed by atoms with van der Waals surface area (Å²) >= 11 is 6.22. The van der Waals surface area contributed by atoms with E-state index in [4.69, 9.17) is 11.6 Å². The third-order valence-electron chi connectivity index (χ3n) is 8.00. The lowest BCUT2D eigenvalue weighted by Crippen LogP contribution is -2.45. The highest BCUT2D eigenvalue weighted by Crippen LogP contribution is 2.38. The monoisotopic (exact) mass is 507 g/mol. The van der Waals surface area contributed by atoms with E-state index in [2.05, 4.69) is 20.9 Å². The lowest BCUT2D eigenvalue weighted by molar-refractivity contribution is 0.364. The number of benzene rings is 1. The van der Waals surface area contributed by atoms with Gasteiger partial charge in [0.1, 0.15) is 28.1 Å². The molecule has 2 fully saturated rings. The minimum atomic E-state index is -0.332. The zero-order valence-electron chi connectivity index (χ0n) is 21.0. The minimum absolute atomic E-state index is 0.0927. The van der Waals surface area contributed by atoms with E-state index in [1.807, 2.05) is 20.0 Å². The van der Waals surface area contributed by atoms with Crippen molar-refractivity contribution in [3.8, 4) is 6.07 Å². The van der Waals surface area contributed by atoms with Gasteiger partial charge < -0.3 is 14.4 Å². The van der Waals surface area contributed by atoms with Crippen LogP contribution in [-0.2, 0) is 7.05 Å². The van der Waals surface area contributed by atoms with Gasteiger partial charge in [-0.15, -0.1) is 0 Å². The molecule has 0 unspecified atom stereocenters. The largest absolute Gasteiger partial charge is 0.369 e. The number of fused-ring (bicyclic) bond motifs is 1. The van der Waals surface area contributed by atoms with Gasteiger partial charge in [-0.25, -0.2) is 9.37 Å². The van der Waals surface area contributed by atoms with Gasteiger partial charge in [0.2, 0.25) is 0 Å². The minimum Gasteiger partial charge on any atom is -0.369 e. The standard InChI is InChI=1S/C28H31ClFN5O/c1-17-22(30)5-4-6-23(17)35(16-18-7-8-18)20-11-9-19(10-12-20)33(2)27-21(15-31)28(36)34(3)24-13-14-25(29)32-26(24)27/h4-6,13-14,18-20H,7-12,16H2,1-3H3/t19-,20-. The Morgan fingerprint density at radius 3 is 2.50 bits per heavy atom. The number of pyridine rings is 2. The van der Waals surface area contributed by atoms with Gasteiger partial charge in [0, 0.05) is 44.0 Å². The molecule has 0 N–H and O–H groups in total. The summed E-state index contributed by atoms with van der Waals surface area (Å²) in [5.74, 6) is 0.531. The fourth-order valence-electron chi connectivity index (χ4n) is 5.68. The predicted molar refractivity (Wildman–Crippen MR) is 142 cm³/mol. The number of hydrogen-bond acceptors (Lipinski definition) is 5. The second kappa shape index (κ2) is 9.74. The van der Waals surface area contributed by atoms with Crippen LogP contribution in [0.2, 0.25) is 5.15 Å². The van der Waals surface area contributed by atoms with Crippen molar-refractivity contribution in [1.82, 2.24) is 9.55 Å². The Kier molecular flexibility index (Phi) is 6.65. The summed E-state index contributed by atoms with van der Waals surface area (Å²) in [6, 6.07) is 11.4. The molecule has 36 heavy (non-hydrogen) atoms. The van der Waals surface area contributed by atoms with Gasteiger partial charge in [0.25, 0.3) is 5.56 Å². The molecule has 5 rings (SSSR count). The van der Waals surface area contributed by atoms with E-state index in [-0.39, 0.29) is 23.0 Å². The van der Waals surface area contributed by atoms with Crippen molar-refractivity contribution in [2.24, 2.45) is 13.0 Å². The van der Waals surface area contributed by atoms with E-state index in [0.29, 0.717) is 39.4 Å². The number of aryl methyl sites for hydroxylation is 1. The molecule has 1 aromatic carbocycles. The van der Waals surface area contributed by atoms with Crippen LogP contribution in [0.5, 0.6) is 0 Å². The van der Waals surface area contributed by atoms with E-state index in [9.17, 15) is 14.4 Å². The van der Waals surface area contributed by atoms with Crippen molar-refractivity contribution < 1.29 is 4.39 Å². The van der Waals surface area contributed by atoms with Crippen molar-refractivity contribution in [2.45, 2.75) is 57.5 Å². The predicted octanol–water partition coefficient (Wildman–Crippen LogP) is 5.57. The third kappa shape index (κ3) is 4.43. The molecule has 0 bridgehead atoms. The van der Waals surface area contributed by atoms with Crippen molar-refractivity contribution >= 4 is 34.0 Å². The molecule has 0 amide bonds. The molecule has 0 radical (unpaired) electrons. The van der Waals surface area contributed by atoms with Crippen molar-refractivity contribution in [3.05, 3.63) is 62.8 Å². The fourth-order valence-corrected chi connectivity index (χ4v) is 5.83. The molecule has 188 valence electrons. The maximum atomic E-state index is 14.4. The van der Waals surface area contributed by atoms with E-state index in [1.165, 1.54) is 23.5 Å². The van der Waals surface area contributed by atoms with Gasteiger partial charge >= 0.3 is 0 Å². The lowest BCUT2D eigenvalue weighted by Gasteiger charge is -2.42. The van der Waals surface area contributed by atoms with Crippen LogP contribution in [-0.4, -0.2) is 35.2 Å². The number of anilines is 2. The Bertz CT molecular complexity index is 1400. The van der Waals surface area contributed by atoms with Gasteiger partial charge in [-0.1, -0.05) is 17.7 Å². The first-order valence-electron chi connectivity index (χ1n) is 12.6. The molecule has 2 aliphatic carbocycles. The second-order valence-corrected chi connectivity index (χ2v) is 10.6. The van der Waals surface area contributed by atoms with Crippen LogP contribution in [0.3, 0.4) is 0 Å². The third-order valence-corrected chi connectivity index (χ3v) is 8.21. The highest BCUT2D eigenvalue weighted by molar-refractivity contribution is 6.29. The molecule has 2 aromatic heterocycles. The first-order valence-corrected chi connectivity index (χ1v) is 13.0.